The second kappa shape index (κ2) is 6.16. The molecule has 1 fully saturated rings. The quantitative estimate of drug-likeness (QED) is 0.880. The van der Waals surface area contributed by atoms with E-state index in [1.807, 2.05) is 19.1 Å². The van der Waals surface area contributed by atoms with E-state index in [4.69, 9.17) is 0 Å². The highest BCUT2D eigenvalue weighted by molar-refractivity contribution is 9.10. The summed E-state index contributed by atoms with van der Waals surface area (Å²) in [6, 6.07) is 14.1. The molecule has 4 heteroatoms. The van der Waals surface area contributed by atoms with Gasteiger partial charge in [0.05, 0.1) is 10.5 Å². The Kier molecular flexibility index (Phi) is 4.27. The van der Waals surface area contributed by atoms with E-state index in [9.17, 15) is 4.39 Å². The van der Waals surface area contributed by atoms with Gasteiger partial charge in [-0.1, -0.05) is 30.3 Å². The monoisotopic (exact) mass is 348 g/mol. The Balaban J connectivity index is 2.00. The van der Waals surface area contributed by atoms with Gasteiger partial charge in [-0.2, -0.15) is 0 Å². The van der Waals surface area contributed by atoms with Gasteiger partial charge in [0.1, 0.15) is 5.82 Å². The van der Waals surface area contributed by atoms with Crippen molar-refractivity contribution in [1.29, 1.82) is 0 Å². The number of hydrogen-bond donors (Lipinski definition) is 1. The lowest BCUT2D eigenvalue weighted by atomic mass is 10.0. The number of piperazine rings is 1. The Morgan fingerprint density at radius 2 is 2.00 bits per heavy atom. The van der Waals surface area contributed by atoms with Crippen LogP contribution in [0, 0.1) is 12.7 Å². The molecule has 1 unspecified atom stereocenters. The number of rotatable bonds is 2. The van der Waals surface area contributed by atoms with Crippen LogP contribution in [0.4, 0.5) is 10.1 Å². The van der Waals surface area contributed by atoms with Crippen molar-refractivity contribution in [2.45, 2.75) is 13.0 Å². The Morgan fingerprint density at radius 1 is 1.24 bits per heavy atom. The third-order valence-electron chi connectivity index (χ3n) is 3.98. The Hall–Kier alpha value is -1.39. The molecule has 2 aromatic carbocycles. The zero-order valence-electron chi connectivity index (χ0n) is 11.9. The van der Waals surface area contributed by atoms with E-state index in [1.165, 1.54) is 5.56 Å². The van der Waals surface area contributed by atoms with E-state index in [0.717, 1.165) is 30.9 Å². The van der Waals surface area contributed by atoms with Gasteiger partial charge in [-0.15, -0.1) is 0 Å². The fourth-order valence-corrected chi connectivity index (χ4v) is 3.37. The molecule has 1 aliphatic heterocycles. The van der Waals surface area contributed by atoms with Crippen LogP contribution in [-0.4, -0.2) is 19.6 Å². The third kappa shape index (κ3) is 2.97. The number of nitrogens with zero attached hydrogens (tertiary/aromatic N) is 1. The first-order chi connectivity index (χ1) is 10.2. The molecule has 2 aromatic rings. The van der Waals surface area contributed by atoms with Crippen molar-refractivity contribution in [3.05, 3.63) is 63.9 Å². The van der Waals surface area contributed by atoms with Crippen LogP contribution in [0.25, 0.3) is 0 Å². The molecule has 3 rings (SSSR count). The fraction of sp³-hybridized carbons (Fsp3) is 0.294. The maximum absolute atomic E-state index is 14.0. The molecule has 0 radical (unpaired) electrons. The number of hydrogen-bond acceptors (Lipinski definition) is 2. The van der Waals surface area contributed by atoms with Crippen LogP contribution in [0.1, 0.15) is 17.2 Å². The van der Waals surface area contributed by atoms with Gasteiger partial charge in [0.25, 0.3) is 0 Å². The van der Waals surface area contributed by atoms with Crippen LogP contribution < -0.4 is 10.2 Å². The largest absolute Gasteiger partial charge is 0.362 e. The molecule has 1 aliphatic rings. The number of benzene rings is 2. The SMILES string of the molecule is Cc1cc(Br)c(F)cc1N1CCNCC1c1ccccc1. The first-order valence-corrected chi connectivity index (χ1v) is 7.94. The highest BCUT2D eigenvalue weighted by Crippen LogP contribution is 2.33. The van der Waals surface area contributed by atoms with Crippen molar-refractivity contribution in [1.82, 2.24) is 5.32 Å². The zero-order valence-corrected chi connectivity index (χ0v) is 13.5. The van der Waals surface area contributed by atoms with Gasteiger partial charge >= 0.3 is 0 Å². The van der Waals surface area contributed by atoms with E-state index in [1.54, 1.807) is 6.07 Å². The summed E-state index contributed by atoms with van der Waals surface area (Å²) in [7, 11) is 0. The maximum Gasteiger partial charge on any atom is 0.139 e. The predicted octanol–water partition coefficient (Wildman–Crippen LogP) is 4.05. The number of anilines is 1. The molecule has 1 atom stereocenters. The molecule has 2 nitrogen and oxygen atoms in total. The van der Waals surface area contributed by atoms with Crippen molar-refractivity contribution < 1.29 is 4.39 Å². The summed E-state index contributed by atoms with van der Waals surface area (Å²) in [6.45, 7) is 4.70. The van der Waals surface area contributed by atoms with E-state index in [2.05, 4.69) is 50.4 Å². The first-order valence-electron chi connectivity index (χ1n) is 7.15. The molecule has 21 heavy (non-hydrogen) atoms. The van der Waals surface area contributed by atoms with Gasteiger partial charge in [-0.25, -0.2) is 4.39 Å². The molecular weight excluding hydrogens is 331 g/mol. The summed E-state index contributed by atoms with van der Waals surface area (Å²) in [4.78, 5) is 2.30. The summed E-state index contributed by atoms with van der Waals surface area (Å²) >= 11 is 3.26. The lowest BCUT2D eigenvalue weighted by Gasteiger charge is -2.39. The van der Waals surface area contributed by atoms with E-state index in [-0.39, 0.29) is 11.9 Å². The van der Waals surface area contributed by atoms with Crippen molar-refractivity contribution in [2.24, 2.45) is 0 Å². The second-order valence-electron chi connectivity index (χ2n) is 5.38. The topological polar surface area (TPSA) is 15.3 Å². The average Bonchev–Trinajstić information content (AvgIpc) is 2.52. The lowest BCUT2D eigenvalue weighted by Crippen LogP contribution is -2.46. The van der Waals surface area contributed by atoms with Crippen LogP contribution in [0.3, 0.4) is 0 Å². The molecular formula is C17H18BrFN2. The minimum absolute atomic E-state index is 0.207. The predicted molar refractivity (Wildman–Crippen MR) is 88.2 cm³/mol. The first kappa shape index (κ1) is 14.5. The number of aryl methyl sites for hydroxylation is 1. The minimum Gasteiger partial charge on any atom is -0.362 e. The van der Waals surface area contributed by atoms with Crippen molar-refractivity contribution in [3.63, 3.8) is 0 Å². The van der Waals surface area contributed by atoms with Gasteiger partial charge in [-0.3, -0.25) is 0 Å². The molecule has 0 aliphatic carbocycles. The van der Waals surface area contributed by atoms with Crippen LogP contribution >= 0.6 is 15.9 Å². The second-order valence-corrected chi connectivity index (χ2v) is 6.23. The molecule has 0 saturated carbocycles. The van der Waals surface area contributed by atoms with Crippen LogP contribution in [-0.2, 0) is 0 Å². The van der Waals surface area contributed by atoms with Crippen LogP contribution in [0.2, 0.25) is 0 Å². The Morgan fingerprint density at radius 3 is 2.76 bits per heavy atom. The normalized spacial score (nSPS) is 18.8. The highest BCUT2D eigenvalue weighted by Gasteiger charge is 2.25. The summed E-state index contributed by atoms with van der Waals surface area (Å²) in [6.07, 6.45) is 0. The summed E-state index contributed by atoms with van der Waals surface area (Å²) < 4.78 is 14.5. The molecule has 0 amide bonds. The summed E-state index contributed by atoms with van der Waals surface area (Å²) in [5, 5.41) is 3.43. The standard InChI is InChI=1S/C17H18BrFN2/c1-12-9-14(18)15(19)10-16(12)21-8-7-20-11-17(21)13-5-3-2-4-6-13/h2-6,9-10,17,20H,7-8,11H2,1H3. The molecule has 110 valence electrons. The van der Waals surface area contributed by atoms with Gasteiger partial charge < -0.3 is 10.2 Å². The lowest BCUT2D eigenvalue weighted by molar-refractivity contribution is 0.488. The van der Waals surface area contributed by atoms with Crippen molar-refractivity contribution >= 4 is 21.6 Å². The molecule has 1 saturated heterocycles. The smallest absolute Gasteiger partial charge is 0.139 e. The summed E-state index contributed by atoms with van der Waals surface area (Å²) in [5.41, 5.74) is 3.32. The maximum atomic E-state index is 14.0. The third-order valence-corrected chi connectivity index (χ3v) is 4.58. The van der Waals surface area contributed by atoms with E-state index in [0.29, 0.717) is 4.47 Å². The average molecular weight is 349 g/mol. The van der Waals surface area contributed by atoms with E-state index < -0.39 is 0 Å². The Labute approximate surface area is 133 Å². The van der Waals surface area contributed by atoms with Crippen LogP contribution in [0.15, 0.2) is 46.9 Å². The van der Waals surface area contributed by atoms with Crippen molar-refractivity contribution in [3.8, 4) is 0 Å². The summed E-state index contributed by atoms with van der Waals surface area (Å²) in [5.74, 6) is -0.207. The number of nitrogens with one attached hydrogen (secondary N) is 1. The number of halogens is 2. The van der Waals surface area contributed by atoms with Crippen LogP contribution in [0.5, 0.6) is 0 Å². The molecule has 1 N–H and O–H groups in total. The van der Waals surface area contributed by atoms with Crippen molar-refractivity contribution in [2.75, 3.05) is 24.5 Å². The van der Waals surface area contributed by atoms with Gasteiger partial charge in [0.2, 0.25) is 0 Å². The van der Waals surface area contributed by atoms with Gasteiger partial charge in [0, 0.05) is 25.3 Å². The fourth-order valence-electron chi connectivity index (χ4n) is 2.91. The molecule has 0 aromatic heterocycles. The highest BCUT2D eigenvalue weighted by atomic mass is 79.9. The molecule has 0 spiro atoms. The zero-order chi connectivity index (χ0) is 14.8. The van der Waals surface area contributed by atoms with Gasteiger partial charge in [-0.05, 0) is 46.1 Å². The molecule has 0 bridgehead atoms. The van der Waals surface area contributed by atoms with E-state index >= 15 is 0 Å². The minimum atomic E-state index is -0.207. The molecule has 1 heterocycles. The van der Waals surface area contributed by atoms with Gasteiger partial charge in [0.15, 0.2) is 0 Å². The Bertz CT molecular complexity index is 630.